The second-order valence-corrected chi connectivity index (χ2v) is 6.47. The van der Waals surface area contributed by atoms with Gasteiger partial charge in [-0.15, -0.1) is 0 Å². The number of halogens is 2. The van der Waals surface area contributed by atoms with Crippen molar-refractivity contribution in [1.82, 2.24) is 4.57 Å². The van der Waals surface area contributed by atoms with E-state index in [0.717, 1.165) is 3.57 Å². The molecule has 0 bridgehead atoms. The first-order valence-corrected chi connectivity index (χ1v) is 8.79. The van der Waals surface area contributed by atoms with E-state index in [1.807, 2.05) is 29.5 Å². The van der Waals surface area contributed by atoms with Gasteiger partial charge in [0, 0.05) is 22.2 Å². The molecule has 1 aromatic carbocycles. The fourth-order valence-electron chi connectivity index (χ4n) is 2.25. The normalized spacial score (nSPS) is 10.8. The zero-order valence-corrected chi connectivity index (χ0v) is 16.7. The number of rotatable bonds is 6. The topological polar surface area (TPSA) is 69.6 Å². The Morgan fingerprint density at radius 2 is 2.12 bits per heavy atom. The van der Waals surface area contributed by atoms with Crippen molar-refractivity contribution < 1.29 is 18.7 Å². The predicted molar refractivity (Wildman–Crippen MR) is 106 cm³/mol. The number of benzene rings is 1. The van der Waals surface area contributed by atoms with E-state index < -0.39 is 11.8 Å². The van der Waals surface area contributed by atoms with E-state index in [4.69, 9.17) is 9.47 Å². The minimum atomic E-state index is -0.662. The lowest BCUT2D eigenvalue weighted by molar-refractivity contribution is 0.0601. The smallest absolute Gasteiger partial charge is 0.342 e. The van der Waals surface area contributed by atoms with Gasteiger partial charge in [0.05, 0.1) is 25.7 Å². The third kappa shape index (κ3) is 4.43. The molecule has 1 N–H and O–H groups in total. The van der Waals surface area contributed by atoms with Gasteiger partial charge in [-0.3, -0.25) is 9.36 Å². The van der Waals surface area contributed by atoms with Gasteiger partial charge in [0.2, 0.25) is 0 Å². The molecule has 1 heterocycles. The molecule has 8 heteroatoms. The number of methoxy groups -OCH3 is 1. The largest absolute Gasteiger partial charge is 0.501 e. The summed E-state index contributed by atoms with van der Waals surface area (Å²) in [4.78, 5) is 24.6. The highest BCUT2D eigenvalue weighted by Gasteiger charge is 2.21. The van der Waals surface area contributed by atoms with Gasteiger partial charge in [-0.2, -0.15) is 0 Å². The molecule has 0 radical (unpaired) electrons. The van der Waals surface area contributed by atoms with Crippen molar-refractivity contribution in [2.45, 2.75) is 6.92 Å². The summed E-state index contributed by atoms with van der Waals surface area (Å²) in [6.07, 6.45) is 2.88. The van der Waals surface area contributed by atoms with Gasteiger partial charge in [0.15, 0.2) is 0 Å². The minimum Gasteiger partial charge on any atom is -0.501 e. The van der Waals surface area contributed by atoms with Crippen LogP contribution in [0.3, 0.4) is 0 Å². The maximum Gasteiger partial charge on any atom is 0.342 e. The van der Waals surface area contributed by atoms with Crippen LogP contribution in [0.1, 0.15) is 22.8 Å². The van der Waals surface area contributed by atoms with E-state index in [1.165, 1.54) is 49.3 Å². The number of hydrogen-bond acceptors (Lipinski definition) is 5. The number of nitrogens with zero attached hydrogens (tertiary/aromatic N) is 1. The van der Waals surface area contributed by atoms with Crippen LogP contribution < -0.4 is 10.9 Å². The summed E-state index contributed by atoms with van der Waals surface area (Å²) in [6, 6.07) is 5.88. The lowest BCUT2D eigenvalue weighted by Gasteiger charge is -2.17. The average molecular weight is 472 g/mol. The van der Waals surface area contributed by atoms with E-state index in [0.29, 0.717) is 12.2 Å². The minimum absolute atomic E-state index is 0.100. The lowest BCUT2D eigenvalue weighted by Crippen LogP contribution is -2.24. The summed E-state index contributed by atoms with van der Waals surface area (Å²) in [6.45, 7) is 2.25. The first kappa shape index (κ1) is 20.0. The fourth-order valence-corrected chi connectivity index (χ4v) is 2.70. The highest BCUT2D eigenvalue weighted by molar-refractivity contribution is 14.1. The Bertz CT molecular complexity index is 909. The molecule has 1 aromatic heterocycles. The number of esters is 1. The highest BCUT2D eigenvalue weighted by atomic mass is 127. The number of hydrogen-bond donors (Lipinski definition) is 1. The molecular weight excluding hydrogens is 454 g/mol. The Hall–Kier alpha value is -2.36. The van der Waals surface area contributed by atoms with Crippen LogP contribution in [0, 0.1) is 9.39 Å². The van der Waals surface area contributed by atoms with Crippen molar-refractivity contribution in [2.24, 2.45) is 7.05 Å². The van der Waals surface area contributed by atoms with Crippen LogP contribution in [0.2, 0.25) is 0 Å². The van der Waals surface area contributed by atoms with Gasteiger partial charge in [0.25, 0.3) is 5.56 Å². The molecule has 0 aliphatic heterocycles. The van der Waals surface area contributed by atoms with E-state index in [9.17, 15) is 14.0 Å². The van der Waals surface area contributed by atoms with Crippen molar-refractivity contribution >= 4 is 46.1 Å². The first-order valence-electron chi connectivity index (χ1n) is 7.71. The number of pyridine rings is 1. The number of nitrogens with one attached hydrogen (secondary N) is 1. The monoisotopic (exact) mass is 472 g/mol. The quantitative estimate of drug-likeness (QED) is 0.395. The highest BCUT2D eigenvalue weighted by Crippen LogP contribution is 2.26. The Balaban J connectivity index is 2.65. The SMILES string of the molecule is CCO/C=C/c1cc(=O)n(C)c(Nc2ccc(I)cc2F)c1C(=O)OC. The van der Waals surface area contributed by atoms with E-state index in [2.05, 4.69) is 5.32 Å². The number of carbonyl (C=O) groups is 1. The Morgan fingerprint density at radius 3 is 2.73 bits per heavy atom. The maximum atomic E-state index is 14.2. The summed E-state index contributed by atoms with van der Waals surface area (Å²) in [5.41, 5.74) is 0.170. The third-order valence-electron chi connectivity index (χ3n) is 3.55. The van der Waals surface area contributed by atoms with Gasteiger partial charge in [-0.05, 0) is 53.8 Å². The van der Waals surface area contributed by atoms with Gasteiger partial charge >= 0.3 is 5.97 Å². The molecule has 0 spiro atoms. The Morgan fingerprint density at radius 1 is 1.38 bits per heavy atom. The molecule has 26 heavy (non-hydrogen) atoms. The molecule has 2 aromatic rings. The van der Waals surface area contributed by atoms with Crippen LogP contribution in [0.4, 0.5) is 15.9 Å². The van der Waals surface area contributed by atoms with Crippen LogP contribution in [-0.4, -0.2) is 24.3 Å². The average Bonchev–Trinajstić information content (AvgIpc) is 2.61. The van der Waals surface area contributed by atoms with Crippen molar-refractivity contribution in [1.29, 1.82) is 0 Å². The van der Waals surface area contributed by atoms with Gasteiger partial charge < -0.3 is 14.8 Å². The van der Waals surface area contributed by atoms with E-state index in [-0.39, 0.29) is 22.6 Å². The third-order valence-corrected chi connectivity index (χ3v) is 4.23. The van der Waals surface area contributed by atoms with Gasteiger partial charge in [-0.25, -0.2) is 9.18 Å². The van der Waals surface area contributed by atoms with E-state index >= 15 is 0 Å². The summed E-state index contributed by atoms with van der Waals surface area (Å²) in [5, 5.41) is 2.83. The molecular formula is C18H18FIN2O4. The van der Waals surface area contributed by atoms with Crippen molar-refractivity contribution in [3.63, 3.8) is 0 Å². The molecule has 0 aliphatic carbocycles. The molecule has 0 atom stereocenters. The van der Waals surface area contributed by atoms with Crippen molar-refractivity contribution in [3.8, 4) is 0 Å². The summed E-state index contributed by atoms with van der Waals surface area (Å²) >= 11 is 1.99. The van der Waals surface area contributed by atoms with Crippen LogP contribution in [-0.2, 0) is 16.5 Å². The van der Waals surface area contributed by atoms with Crippen LogP contribution >= 0.6 is 22.6 Å². The van der Waals surface area contributed by atoms with Crippen molar-refractivity contribution in [2.75, 3.05) is 19.0 Å². The molecule has 6 nitrogen and oxygen atoms in total. The lowest BCUT2D eigenvalue weighted by atomic mass is 10.1. The summed E-state index contributed by atoms with van der Waals surface area (Å²) < 4.78 is 26.2. The Kier molecular flexibility index (Phi) is 6.78. The number of anilines is 2. The van der Waals surface area contributed by atoms with E-state index in [1.54, 1.807) is 6.07 Å². The second-order valence-electron chi connectivity index (χ2n) is 5.22. The number of ether oxygens (including phenoxy) is 2. The molecule has 0 saturated carbocycles. The van der Waals surface area contributed by atoms with Crippen molar-refractivity contribution in [3.05, 3.63) is 61.4 Å². The second kappa shape index (κ2) is 8.84. The summed E-state index contributed by atoms with van der Waals surface area (Å²) in [5.74, 6) is -1.04. The van der Waals surface area contributed by atoms with Crippen LogP contribution in [0.25, 0.3) is 6.08 Å². The zero-order chi connectivity index (χ0) is 19.3. The summed E-state index contributed by atoms with van der Waals surface area (Å²) in [7, 11) is 2.72. The molecule has 0 unspecified atom stereocenters. The maximum absolute atomic E-state index is 14.2. The van der Waals surface area contributed by atoms with Gasteiger partial charge in [0.1, 0.15) is 17.2 Å². The van der Waals surface area contributed by atoms with Crippen LogP contribution in [0.15, 0.2) is 35.3 Å². The first-order chi connectivity index (χ1) is 12.4. The van der Waals surface area contributed by atoms with Crippen LogP contribution in [0.5, 0.6) is 0 Å². The predicted octanol–water partition coefficient (Wildman–Crippen LogP) is 3.67. The zero-order valence-electron chi connectivity index (χ0n) is 14.5. The number of aromatic nitrogens is 1. The molecule has 0 fully saturated rings. The Labute approximate surface area is 163 Å². The van der Waals surface area contributed by atoms with Gasteiger partial charge in [-0.1, -0.05) is 0 Å². The molecule has 138 valence electrons. The molecule has 0 saturated heterocycles. The molecule has 0 amide bonds. The fraction of sp³-hybridized carbons (Fsp3) is 0.222. The standard InChI is InChI=1S/C18H18FIN2O4/c1-4-26-8-7-11-9-15(23)22(2)17(16(11)18(24)25-3)21-14-6-5-12(20)10-13(14)19/h5-10,21H,4H2,1-3H3/b8-7+. The number of carbonyl (C=O) groups excluding carboxylic acids is 1. The molecule has 0 aliphatic rings. The molecule has 2 rings (SSSR count).